The number of benzene rings is 3. The minimum absolute atomic E-state index is 0.126. The maximum absolute atomic E-state index is 14.4. The molecule has 0 atom stereocenters. The quantitative estimate of drug-likeness (QED) is 0.274. The van der Waals surface area contributed by atoms with Gasteiger partial charge >= 0.3 is 11.9 Å². The number of carboxylic acids is 2. The maximum atomic E-state index is 14.4. The van der Waals surface area contributed by atoms with Crippen LogP contribution in [0.25, 0.3) is 46.1 Å². The first-order chi connectivity index (χ1) is 17.3. The van der Waals surface area contributed by atoms with Crippen LogP contribution in [0.1, 0.15) is 11.1 Å². The molecule has 0 saturated carbocycles. The van der Waals surface area contributed by atoms with Crippen molar-refractivity contribution in [3.63, 3.8) is 0 Å². The molecule has 1 aromatic heterocycles. The van der Waals surface area contributed by atoms with Crippen LogP contribution in [0.2, 0.25) is 0 Å². The average molecular weight is 484 g/mol. The van der Waals surface area contributed by atoms with E-state index < -0.39 is 17.8 Å². The lowest BCUT2D eigenvalue weighted by molar-refractivity contribution is -0.132. The van der Waals surface area contributed by atoms with Gasteiger partial charge in [-0.25, -0.2) is 19.0 Å². The number of methoxy groups -OCH3 is 1. The van der Waals surface area contributed by atoms with Crippen LogP contribution in [0, 0.1) is 5.82 Å². The van der Waals surface area contributed by atoms with Crippen molar-refractivity contribution in [1.29, 1.82) is 0 Å². The highest BCUT2D eigenvalue weighted by Gasteiger charge is 2.16. The molecule has 0 fully saturated rings. The fraction of sp³-hybridized carbons (Fsp3) is 0.0357. The fourth-order valence-electron chi connectivity index (χ4n) is 3.59. The van der Waals surface area contributed by atoms with Crippen LogP contribution in [0.5, 0.6) is 5.75 Å². The maximum Gasteiger partial charge on any atom is 0.328 e. The number of hydrogen-bond donors (Lipinski definition) is 3. The highest BCUT2D eigenvalue weighted by Crippen LogP contribution is 2.34. The van der Waals surface area contributed by atoms with Crippen LogP contribution < -0.4 is 4.74 Å². The van der Waals surface area contributed by atoms with Crippen LogP contribution in [0.15, 0.2) is 78.9 Å². The molecular formula is C28H21FN2O5. The van der Waals surface area contributed by atoms with Crippen LogP contribution in [-0.4, -0.2) is 39.2 Å². The summed E-state index contributed by atoms with van der Waals surface area (Å²) >= 11 is 0. The topological polar surface area (TPSA) is 113 Å². The summed E-state index contributed by atoms with van der Waals surface area (Å²) in [4.78, 5) is 29.6. The first-order valence-corrected chi connectivity index (χ1v) is 10.8. The number of carbonyl (C=O) groups is 2. The Morgan fingerprint density at radius 2 is 1.36 bits per heavy atom. The predicted molar refractivity (Wildman–Crippen MR) is 135 cm³/mol. The summed E-state index contributed by atoms with van der Waals surface area (Å²) in [7, 11) is 1.39. The van der Waals surface area contributed by atoms with Crippen molar-refractivity contribution in [3.8, 4) is 39.7 Å². The second-order valence-electron chi connectivity index (χ2n) is 7.75. The Balaban J connectivity index is 1.78. The first-order valence-electron chi connectivity index (χ1n) is 10.8. The van der Waals surface area contributed by atoms with E-state index in [4.69, 9.17) is 19.9 Å². The Hall–Kier alpha value is -4.98. The SMILES string of the molecule is COc1ccc(-c2nc(-c3ccc(/C=C/C(=O)O)cc3)c(-c3ccc(/C=C/C(=O)O)cc3)[nH]2)cc1F. The minimum atomic E-state index is -1.04. The van der Waals surface area contributed by atoms with E-state index in [1.807, 2.05) is 24.3 Å². The highest BCUT2D eigenvalue weighted by molar-refractivity contribution is 5.87. The predicted octanol–water partition coefficient (Wildman–Crippen LogP) is 5.75. The number of H-pyrrole nitrogens is 1. The molecule has 0 saturated heterocycles. The van der Waals surface area contributed by atoms with Crippen molar-refractivity contribution in [2.45, 2.75) is 0 Å². The third-order valence-corrected chi connectivity index (χ3v) is 5.35. The monoisotopic (exact) mass is 484 g/mol. The molecule has 0 amide bonds. The molecule has 3 N–H and O–H groups in total. The van der Waals surface area contributed by atoms with Crippen LogP contribution in [0.3, 0.4) is 0 Å². The summed E-state index contributed by atoms with van der Waals surface area (Å²) in [5.41, 5.74) is 4.82. The summed E-state index contributed by atoms with van der Waals surface area (Å²) in [6.07, 6.45) is 5.11. The number of nitrogens with one attached hydrogen (secondary N) is 1. The summed E-state index contributed by atoms with van der Waals surface area (Å²) in [6.45, 7) is 0. The zero-order valence-corrected chi connectivity index (χ0v) is 19.1. The number of hydrogen-bond acceptors (Lipinski definition) is 4. The Bertz CT molecular complexity index is 1380. The number of aliphatic carboxylic acids is 2. The molecule has 8 heteroatoms. The number of nitrogens with zero attached hydrogens (tertiary/aromatic N) is 1. The van der Waals surface area contributed by atoms with E-state index in [0.29, 0.717) is 33.9 Å². The number of ether oxygens (including phenoxy) is 1. The zero-order valence-electron chi connectivity index (χ0n) is 19.1. The van der Waals surface area contributed by atoms with E-state index >= 15 is 0 Å². The van der Waals surface area contributed by atoms with Crippen molar-refractivity contribution in [3.05, 3.63) is 95.8 Å². The Morgan fingerprint density at radius 3 is 1.86 bits per heavy atom. The molecular weight excluding hydrogens is 463 g/mol. The molecule has 1 heterocycles. The van der Waals surface area contributed by atoms with E-state index in [1.54, 1.807) is 30.3 Å². The van der Waals surface area contributed by atoms with Crippen molar-refractivity contribution in [2.75, 3.05) is 7.11 Å². The Labute approximate surface area is 205 Å². The third-order valence-electron chi connectivity index (χ3n) is 5.35. The number of carboxylic acid groups (broad SMARTS) is 2. The van der Waals surface area contributed by atoms with Gasteiger partial charge in [0.15, 0.2) is 11.6 Å². The molecule has 0 unspecified atom stereocenters. The lowest BCUT2D eigenvalue weighted by atomic mass is 10.0. The average Bonchev–Trinajstić information content (AvgIpc) is 3.32. The number of aromatic amines is 1. The van der Waals surface area contributed by atoms with Crippen molar-refractivity contribution < 1.29 is 28.9 Å². The molecule has 180 valence electrons. The smallest absolute Gasteiger partial charge is 0.328 e. The van der Waals surface area contributed by atoms with Gasteiger partial charge in [-0.15, -0.1) is 0 Å². The summed E-state index contributed by atoms with van der Waals surface area (Å²) in [5.74, 6) is -2.01. The van der Waals surface area contributed by atoms with E-state index in [0.717, 1.165) is 23.3 Å². The summed E-state index contributed by atoms with van der Waals surface area (Å²) < 4.78 is 19.4. The van der Waals surface area contributed by atoms with Crippen molar-refractivity contribution in [2.24, 2.45) is 0 Å². The summed E-state index contributed by atoms with van der Waals surface area (Å²) in [5, 5.41) is 17.7. The van der Waals surface area contributed by atoms with Gasteiger partial charge in [-0.2, -0.15) is 0 Å². The largest absolute Gasteiger partial charge is 0.494 e. The molecule has 0 aliphatic rings. The highest BCUT2D eigenvalue weighted by atomic mass is 19.1. The summed E-state index contributed by atoms with van der Waals surface area (Å²) in [6, 6.07) is 19.0. The van der Waals surface area contributed by atoms with Gasteiger partial charge in [-0.1, -0.05) is 48.5 Å². The van der Waals surface area contributed by atoms with Gasteiger partial charge in [-0.05, 0) is 41.5 Å². The van der Waals surface area contributed by atoms with Gasteiger partial charge in [0, 0.05) is 28.8 Å². The van der Waals surface area contributed by atoms with Gasteiger partial charge in [0.05, 0.1) is 18.5 Å². The van der Waals surface area contributed by atoms with Gasteiger partial charge in [0.25, 0.3) is 0 Å². The number of halogens is 1. The fourth-order valence-corrected chi connectivity index (χ4v) is 3.59. The second kappa shape index (κ2) is 10.5. The van der Waals surface area contributed by atoms with Crippen molar-refractivity contribution in [1.82, 2.24) is 9.97 Å². The van der Waals surface area contributed by atoms with E-state index in [9.17, 15) is 14.0 Å². The normalized spacial score (nSPS) is 11.3. The molecule has 36 heavy (non-hydrogen) atoms. The Kier molecular flexibility index (Phi) is 7.06. The second-order valence-corrected chi connectivity index (χ2v) is 7.75. The van der Waals surface area contributed by atoms with E-state index in [1.165, 1.54) is 31.4 Å². The van der Waals surface area contributed by atoms with Gasteiger partial charge in [-0.3, -0.25) is 0 Å². The van der Waals surface area contributed by atoms with Crippen LogP contribution >= 0.6 is 0 Å². The van der Waals surface area contributed by atoms with Crippen LogP contribution in [-0.2, 0) is 9.59 Å². The van der Waals surface area contributed by atoms with Crippen LogP contribution in [0.4, 0.5) is 4.39 Å². The first kappa shape index (κ1) is 24.2. The van der Waals surface area contributed by atoms with Crippen molar-refractivity contribution >= 4 is 24.1 Å². The molecule has 0 aliphatic carbocycles. The molecule has 7 nitrogen and oxygen atoms in total. The molecule has 0 radical (unpaired) electrons. The lowest BCUT2D eigenvalue weighted by Crippen LogP contribution is -1.89. The van der Waals surface area contributed by atoms with E-state index in [2.05, 4.69) is 4.98 Å². The molecule has 3 aromatic carbocycles. The molecule has 0 aliphatic heterocycles. The zero-order chi connectivity index (χ0) is 25.7. The number of imidazole rings is 1. The number of aromatic nitrogens is 2. The van der Waals surface area contributed by atoms with E-state index in [-0.39, 0.29) is 5.75 Å². The lowest BCUT2D eigenvalue weighted by Gasteiger charge is -2.05. The molecule has 0 spiro atoms. The number of rotatable bonds is 8. The van der Waals surface area contributed by atoms with Gasteiger partial charge < -0.3 is 19.9 Å². The molecule has 4 aromatic rings. The molecule has 0 bridgehead atoms. The minimum Gasteiger partial charge on any atom is -0.494 e. The Morgan fingerprint density at radius 1 is 0.833 bits per heavy atom. The molecule has 4 rings (SSSR count). The van der Waals surface area contributed by atoms with Gasteiger partial charge in [0.2, 0.25) is 0 Å². The third kappa shape index (κ3) is 5.56. The van der Waals surface area contributed by atoms with Gasteiger partial charge in [0.1, 0.15) is 5.82 Å². The standard InChI is InChI=1S/C28H21FN2O5/c1-36-23-13-12-21(16-22(23)29)28-30-26(19-8-2-17(3-9-19)6-14-24(32)33)27(31-28)20-10-4-18(5-11-20)7-15-25(34)35/h2-16H,1H3,(H,30,31)(H,32,33)(H,34,35)/b14-6+,15-7+.